The second-order valence-corrected chi connectivity index (χ2v) is 5.39. The van der Waals surface area contributed by atoms with Gasteiger partial charge >= 0.3 is 0 Å². The van der Waals surface area contributed by atoms with Crippen LogP contribution in [0.2, 0.25) is 0 Å². The monoisotopic (exact) mass is 231 g/mol. The van der Waals surface area contributed by atoms with E-state index >= 15 is 0 Å². The van der Waals surface area contributed by atoms with Gasteiger partial charge in [0.1, 0.15) is 18.8 Å². The zero-order chi connectivity index (χ0) is 12.6. The van der Waals surface area contributed by atoms with E-state index in [0.29, 0.717) is 6.04 Å². The van der Waals surface area contributed by atoms with Crippen LogP contribution in [0.3, 0.4) is 0 Å². The van der Waals surface area contributed by atoms with E-state index in [9.17, 15) is 0 Å². The lowest BCUT2D eigenvalue weighted by Gasteiger charge is -2.13. The minimum absolute atomic E-state index is 0.589. The summed E-state index contributed by atoms with van der Waals surface area (Å²) in [5.74, 6) is 0. The standard InChI is InChI=1S/C15H23N2/c1-11(2)16-6-7-17(10-16)15-13(4)8-12(3)9-14(15)5/h8-11H,6-7H2,1-5H3/q+1. The topological polar surface area (TPSA) is 6.25 Å². The molecule has 1 aliphatic heterocycles. The molecule has 0 saturated carbocycles. The maximum Gasteiger partial charge on any atom is 0.239 e. The molecule has 0 radical (unpaired) electrons. The zero-order valence-electron chi connectivity index (χ0n) is 11.6. The Morgan fingerprint density at radius 1 is 1.12 bits per heavy atom. The third kappa shape index (κ3) is 2.36. The average molecular weight is 231 g/mol. The molecule has 0 atom stereocenters. The minimum Gasteiger partial charge on any atom is -0.262 e. The Morgan fingerprint density at radius 3 is 2.18 bits per heavy atom. The fourth-order valence-corrected chi connectivity index (χ4v) is 2.70. The lowest BCUT2D eigenvalue weighted by atomic mass is 10.0. The Kier molecular flexibility index (Phi) is 3.23. The van der Waals surface area contributed by atoms with Crippen molar-refractivity contribution >= 4 is 12.0 Å². The van der Waals surface area contributed by atoms with Crippen molar-refractivity contribution in [2.45, 2.75) is 40.7 Å². The summed E-state index contributed by atoms with van der Waals surface area (Å²) in [5, 5.41) is 0. The molecule has 0 fully saturated rings. The Bertz CT molecular complexity index is 435. The maximum absolute atomic E-state index is 2.40. The molecule has 0 N–H and O–H groups in total. The van der Waals surface area contributed by atoms with Crippen LogP contribution in [-0.2, 0) is 0 Å². The highest BCUT2D eigenvalue weighted by Crippen LogP contribution is 2.26. The Hall–Kier alpha value is -1.31. The van der Waals surface area contributed by atoms with Gasteiger partial charge in [-0.05, 0) is 45.7 Å². The molecule has 92 valence electrons. The summed E-state index contributed by atoms with van der Waals surface area (Å²) in [4.78, 5) is 2.39. The molecule has 2 heteroatoms. The fraction of sp³-hybridized carbons (Fsp3) is 0.533. The average Bonchev–Trinajstić information content (AvgIpc) is 2.65. The number of nitrogens with zero attached hydrogens (tertiary/aromatic N) is 2. The van der Waals surface area contributed by atoms with Gasteiger partial charge in [0, 0.05) is 0 Å². The van der Waals surface area contributed by atoms with Crippen LogP contribution in [-0.4, -0.2) is 30.0 Å². The molecule has 0 unspecified atom stereocenters. The number of anilines is 1. The predicted octanol–water partition coefficient (Wildman–Crippen LogP) is 2.88. The van der Waals surface area contributed by atoms with E-state index < -0.39 is 0 Å². The van der Waals surface area contributed by atoms with Gasteiger partial charge < -0.3 is 0 Å². The fourth-order valence-electron chi connectivity index (χ4n) is 2.70. The predicted molar refractivity (Wildman–Crippen MR) is 74.3 cm³/mol. The SMILES string of the molecule is Cc1cc(C)c(N2C=[N+](C(C)C)CC2)c(C)c1. The first-order chi connectivity index (χ1) is 7.99. The summed E-state index contributed by atoms with van der Waals surface area (Å²) in [6.07, 6.45) is 2.27. The largest absolute Gasteiger partial charge is 0.262 e. The molecule has 17 heavy (non-hydrogen) atoms. The quantitative estimate of drug-likeness (QED) is 0.709. The van der Waals surface area contributed by atoms with Crippen LogP contribution in [0.1, 0.15) is 30.5 Å². The first kappa shape index (κ1) is 12.2. The lowest BCUT2D eigenvalue weighted by molar-refractivity contribution is -0.545. The van der Waals surface area contributed by atoms with Crippen molar-refractivity contribution in [1.82, 2.24) is 0 Å². The Balaban J connectivity index is 2.37. The number of hydrogen-bond acceptors (Lipinski definition) is 1. The molecule has 0 aliphatic carbocycles. The van der Waals surface area contributed by atoms with Crippen LogP contribution < -0.4 is 4.90 Å². The maximum atomic E-state index is 2.40. The van der Waals surface area contributed by atoms with Crippen molar-refractivity contribution in [3.63, 3.8) is 0 Å². The van der Waals surface area contributed by atoms with Crippen molar-refractivity contribution in [2.75, 3.05) is 18.0 Å². The zero-order valence-corrected chi connectivity index (χ0v) is 11.6. The van der Waals surface area contributed by atoms with Gasteiger partial charge in [-0.15, -0.1) is 0 Å². The van der Waals surface area contributed by atoms with Crippen LogP contribution in [0.15, 0.2) is 12.1 Å². The molecule has 0 amide bonds. The third-order valence-electron chi connectivity index (χ3n) is 3.47. The normalized spacial score (nSPS) is 15.6. The first-order valence-electron chi connectivity index (χ1n) is 6.44. The van der Waals surface area contributed by atoms with Crippen molar-refractivity contribution in [3.05, 3.63) is 28.8 Å². The lowest BCUT2D eigenvalue weighted by Crippen LogP contribution is -2.21. The van der Waals surface area contributed by atoms with E-state index in [1.54, 1.807) is 0 Å². The van der Waals surface area contributed by atoms with E-state index in [-0.39, 0.29) is 0 Å². The van der Waals surface area contributed by atoms with Crippen LogP contribution >= 0.6 is 0 Å². The van der Waals surface area contributed by atoms with Crippen LogP contribution in [0.4, 0.5) is 5.69 Å². The molecule has 2 nitrogen and oxygen atoms in total. The van der Waals surface area contributed by atoms with Gasteiger partial charge in [0.05, 0.1) is 6.04 Å². The molecule has 1 heterocycles. The number of hydrogen-bond donors (Lipinski definition) is 0. The van der Waals surface area contributed by atoms with E-state index in [0.717, 1.165) is 13.1 Å². The molecular formula is C15H23N2+. The molecule has 0 bridgehead atoms. The Labute approximate surface area is 105 Å². The Morgan fingerprint density at radius 2 is 1.71 bits per heavy atom. The molecule has 1 aromatic rings. The molecule has 0 spiro atoms. The highest BCUT2D eigenvalue weighted by molar-refractivity contribution is 5.80. The van der Waals surface area contributed by atoms with E-state index in [1.807, 2.05) is 0 Å². The second kappa shape index (κ2) is 4.52. The summed E-state index contributed by atoms with van der Waals surface area (Å²) < 4.78 is 2.40. The molecule has 1 aliphatic rings. The molecular weight excluding hydrogens is 208 g/mol. The summed E-state index contributed by atoms with van der Waals surface area (Å²) in [6.45, 7) is 13.3. The van der Waals surface area contributed by atoms with Gasteiger partial charge in [-0.3, -0.25) is 4.58 Å². The smallest absolute Gasteiger partial charge is 0.239 e. The second-order valence-electron chi connectivity index (χ2n) is 5.39. The van der Waals surface area contributed by atoms with Crippen LogP contribution in [0.25, 0.3) is 0 Å². The van der Waals surface area contributed by atoms with Crippen LogP contribution in [0.5, 0.6) is 0 Å². The van der Waals surface area contributed by atoms with Gasteiger partial charge in [-0.1, -0.05) is 17.7 Å². The summed E-state index contributed by atoms with van der Waals surface area (Å²) >= 11 is 0. The van der Waals surface area contributed by atoms with Gasteiger partial charge in [0.15, 0.2) is 0 Å². The molecule has 0 aromatic heterocycles. The molecule has 0 saturated heterocycles. The van der Waals surface area contributed by atoms with Gasteiger partial charge in [0.2, 0.25) is 6.34 Å². The van der Waals surface area contributed by atoms with Gasteiger partial charge in [-0.25, -0.2) is 4.90 Å². The van der Waals surface area contributed by atoms with Gasteiger partial charge in [-0.2, -0.15) is 0 Å². The number of rotatable bonds is 2. The first-order valence-corrected chi connectivity index (χ1v) is 6.44. The van der Waals surface area contributed by atoms with Crippen molar-refractivity contribution in [1.29, 1.82) is 0 Å². The third-order valence-corrected chi connectivity index (χ3v) is 3.47. The molecule has 2 rings (SSSR count). The summed E-state index contributed by atoms with van der Waals surface area (Å²) in [7, 11) is 0. The summed E-state index contributed by atoms with van der Waals surface area (Å²) in [6, 6.07) is 5.13. The number of aryl methyl sites for hydroxylation is 3. The van der Waals surface area contributed by atoms with Crippen molar-refractivity contribution < 1.29 is 4.58 Å². The minimum atomic E-state index is 0.589. The number of benzene rings is 1. The van der Waals surface area contributed by atoms with E-state index in [2.05, 4.69) is 62.6 Å². The molecule has 1 aromatic carbocycles. The highest BCUT2D eigenvalue weighted by Gasteiger charge is 2.25. The van der Waals surface area contributed by atoms with Crippen molar-refractivity contribution in [3.8, 4) is 0 Å². The van der Waals surface area contributed by atoms with Crippen LogP contribution in [0, 0.1) is 20.8 Å². The summed E-state index contributed by atoms with van der Waals surface area (Å²) in [5.41, 5.74) is 5.50. The van der Waals surface area contributed by atoms with E-state index in [1.165, 1.54) is 22.4 Å². The van der Waals surface area contributed by atoms with Gasteiger partial charge in [0.25, 0.3) is 0 Å². The highest BCUT2D eigenvalue weighted by atomic mass is 15.3. The van der Waals surface area contributed by atoms with Crippen molar-refractivity contribution in [2.24, 2.45) is 0 Å². The van der Waals surface area contributed by atoms with E-state index in [4.69, 9.17) is 0 Å².